The van der Waals surface area contributed by atoms with Gasteiger partial charge in [-0.3, -0.25) is 19.3 Å². The van der Waals surface area contributed by atoms with Crippen molar-refractivity contribution in [3.05, 3.63) is 29.6 Å². The Kier molecular flexibility index (Phi) is 8.71. The molecule has 1 aromatic rings. The Bertz CT molecular complexity index is 1060. The van der Waals surface area contributed by atoms with E-state index < -0.39 is 18.1 Å². The summed E-state index contributed by atoms with van der Waals surface area (Å²) in [5.41, 5.74) is 0.747. The highest BCUT2D eigenvalue weighted by Gasteiger charge is 2.45. The molecule has 3 heterocycles. The van der Waals surface area contributed by atoms with Crippen molar-refractivity contribution in [3.63, 3.8) is 0 Å². The number of fused-ring (bicyclic) bond motifs is 2. The Morgan fingerprint density at radius 2 is 1.85 bits per heavy atom. The quantitative estimate of drug-likeness (QED) is 0.487. The van der Waals surface area contributed by atoms with Gasteiger partial charge < -0.3 is 25.6 Å². The van der Waals surface area contributed by atoms with Crippen molar-refractivity contribution in [1.29, 1.82) is 0 Å². The first-order valence-corrected chi connectivity index (χ1v) is 14.6. The summed E-state index contributed by atoms with van der Waals surface area (Å²) in [6.07, 6.45) is 7.60. The highest BCUT2D eigenvalue weighted by molar-refractivity contribution is 5.93. The number of hydrogen-bond acceptors (Lipinski definition) is 6. The van der Waals surface area contributed by atoms with Crippen molar-refractivity contribution in [2.45, 2.75) is 88.5 Å². The molecule has 3 N–H and O–H groups in total. The summed E-state index contributed by atoms with van der Waals surface area (Å²) >= 11 is 0. The van der Waals surface area contributed by atoms with Crippen LogP contribution < -0.4 is 20.7 Å². The van der Waals surface area contributed by atoms with Crippen molar-refractivity contribution in [3.8, 4) is 5.75 Å². The van der Waals surface area contributed by atoms with Crippen molar-refractivity contribution in [2.24, 2.45) is 5.92 Å². The third-order valence-corrected chi connectivity index (χ3v) is 9.12. The molecule has 0 radical (unpaired) electrons. The molecule has 3 aliphatic heterocycles. The number of ether oxygens (including phenoxy) is 1. The van der Waals surface area contributed by atoms with Gasteiger partial charge >= 0.3 is 0 Å². The smallest absolute Gasteiger partial charge is 0.246 e. The number of hydrogen-bond donors (Lipinski definition) is 3. The molecule has 1 aliphatic carbocycles. The van der Waals surface area contributed by atoms with Crippen LogP contribution in [-0.4, -0.2) is 85.0 Å². The lowest BCUT2D eigenvalue weighted by Gasteiger charge is -2.45. The molecular weight excluding hydrogens is 501 g/mol. The zero-order valence-corrected chi connectivity index (χ0v) is 23.1. The van der Waals surface area contributed by atoms with E-state index in [1.54, 1.807) is 24.9 Å². The lowest BCUT2D eigenvalue weighted by molar-refractivity contribution is -0.149. The molecule has 2 saturated heterocycles. The van der Waals surface area contributed by atoms with Gasteiger partial charge in [-0.2, -0.15) is 0 Å². The van der Waals surface area contributed by atoms with Crippen LogP contribution in [-0.2, 0) is 14.4 Å². The first kappa shape index (κ1) is 27.8. The Labute approximate surface area is 230 Å². The number of benzene rings is 1. The summed E-state index contributed by atoms with van der Waals surface area (Å²) in [5.74, 6) is -0.447. The highest BCUT2D eigenvalue weighted by Crippen LogP contribution is 2.34. The first-order valence-electron chi connectivity index (χ1n) is 14.6. The van der Waals surface area contributed by atoms with Gasteiger partial charge in [0.1, 0.15) is 23.7 Å². The number of carbonyl (C=O) groups is 3. The number of carbonyl (C=O) groups excluding carboxylic acids is 3. The van der Waals surface area contributed by atoms with E-state index in [2.05, 4.69) is 20.9 Å². The summed E-state index contributed by atoms with van der Waals surface area (Å²) < 4.78 is 19.4. The second-order valence-electron chi connectivity index (χ2n) is 11.6. The summed E-state index contributed by atoms with van der Waals surface area (Å²) in [5, 5.41) is 9.18. The molecule has 3 amide bonds. The molecular formula is C29H42FN5O4. The summed E-state index contributed by atoms with van der Waals surface area (Å²) in [7, 11) is 1.73. The lowest BCUT2D eigenvalue weighted by atomic mass is 9.82. The molecule has 5 atom stereocenters. The highest BCUT2D eigenvalue weighted by atomic mass is 19.1. The number of halogens is 1. The normalized spacial score (nSPS) is 27.1. The maximum atomic E-state index is 14.3. The largest absolute Gasteiger partial charge is 0.493 e. The van der Waals surface area contributed by atoms with Crippen LogP contribution in [0.2, 0.25) is 0 Å². The molecule has 10 heteroatoms. The van der Waals surface area contributed by atoms with Crippen LogP contribution in [0.1, 0.15) is 69.9 Å². The minimum atomic E-state index is -0.664. The maximum Gasteiger partial charge on any atom is 0.246 e. The third-order valence-electron chi connectivity index (χ3n) is 9.12. The van der Waals surface area contributed by atoms with Gasteiger partial charge in [0.15, 0.2) is 0 Å². The zero-order chi connectivity index (χ0) is 27.5. The number of rotatable bonds is 7. The van der Waals surface area contributed by atoms with Gasteiger partial charge in [-0.1, -0.05) is 25.3 Å². The number of nitrogens with one attached hydrogen (secondary N) is 3. The Morgan fingerprint density at radius 3 is 2.62 bits per heavy atom. The Balaban J connectivity index is 1.39. The third kappa shape index (κ3) is 6.06. The minimum absolute atomic E-state index is 0.0573. The summed E-state index contributed by atoms with van der Waals surface area (Å²) in [4.78, 5) is 45.2. The monoisotopic (exact) mass is 543 g/mol. The van der Waals surface area contributed by atoms with Gasteiger partial charge in [-0.15, -0.1) is 0 Å². The molecule has 0 aromatic heterocycles. The van der Waals surface area contributed by atoms with Gasteiger partial charge in [-0.05, 0) is 58.2 Å². The topological polar surface area (TPSA) is 103 Å². The van der Waals surface area contributed by atoms with Crippen LogP contribution in [0.25, 0.3) is 0 Å². The van der Waals surface area contributed by atoms with E-state index in [-0.39, 0.29) is 41.5 Å². The van der Waals surface area contributed by atoms with E-state index in [0.717, 1.165) is 57.1 Å². The summed E-state index contributed by atoms with van der Waals surface area (Å²) in [6, 6.07) is 2.56. The molecule has 0 bridgehead atoms. The van der Waals surface area contributed by atoms with E-state index >= 15 is 0 Å². The molecule has 4 aliphatic rings. The molecule has 0 unspecified atom stereocenters. The minimum Gasteiger partial charge on any atom is -0.493 e. The fraction of sp³-hybridized carbons (Fsp3) is 0.690. The lowest BCUT2D eigenvalue weighted by Crippen LogP contribution is -2.66. The fourth-order valence-electron chi connectivity index (χ4n) is 6.70. The summed E-state index contributed by atoms with van der Waals surface area (Å²) in [6.45, 7) is 4.02. The van der Waals surface area contributed by atoms with Crippen LogP contribution in [0.5, 0.6) is 5.75 Å². The van der Waals surface area contributed by atoms with Crippen LogP contribution in [0.15, 0.2) is 18.2 Å². The zero-order valence-electron chi connectivity index (χ0n) is 23.1. The van der Waals surface area contributed by atoms with Gasteiger partial charge in [0.05, 0.1) is 18.7 Å². The number of nitrogens with zero attached hydrogens (tertiary/aromatic N) is 2. The number of amides is 3. The van der Waals surface area contributed by atoms with Crippen molar-refractivity contribution >= 4 is 17.7 Å². The molecule has 5 rings (SSSR count). The van der Waals surface area contributed by atoms with E-state index in [1.165, 1.54) is 12.1 Å². The van der Waals surface area contributed by atoms with E-state index in [1.807, 2.05) is 0 Å². The first-order chi connectivity index (χ1) is 18.9. The van der Waals surface area contributed by atoms with Gasteiger partial charge in [-0.25, -0.2) is 4.39 Å². The van der Waals surface area contributed by atoms with Crippen LogP contribution in [0.3, 0.4) is 0 Å². The Hall–Kier alpha value is -2.72. The molecule has 214 valence electrons. The Morgan fingerprint density at radius 1 is 1.05 bits per heavy atom. The van der Waals surface area contributed by atoms with Crippen LogP contribution >= 0.6 is 0 Å². The standard InChI is InChI=1S/C29H42FN5O4/c1-18(31-2)27(36)33-26(19-7-4-3-5-8-19)29(38)35-16-21-9-6-13-34(21)17-24(35)28(37)32-23-12-14-39-25-15-20(30)10-11-22(23)25/h10-11,15,18-19,21,23-24,26,31H,3-9,12-14,16-17H2,1-2H3,(H,32,37)(H,33,36)/t18-,21+,23+,24-,26-/m0/s1. The average Bonchev–Trinajstić information content (AvgIpc) is 3.42. The van der Waals surface area contributed by atoms with E-state index in [0.29, 0.717) is 31.9 Å². The van der Waals surface area contributed by atoms with Gasteiger partial charge in [0.2, 0.25) is 17.7 Å². The predicted molar refractivity (Wildman–Crippen MR) is 145 cm³/mol. The molecule has 39 heavy (non-hydrogen) atoms. The van der Waals surface area contributed by atoms with E-state index in [4.69, 9.17) is 4.74 Å². The molecule has 1 saturated carbocycles. The molecule has 0 spiro atoms. The second kappa shape index (κ2) is 12.2. The van der Waals surface area contributed by atoms with Gasteiger partial charge in [0.25, 0.3) is 0 Å². The molecule has 3 fully saturated rings. The average molecular weight is 544 g/mol. The van der Waals surface area contributed by atoms with E-state index in [9.17, 15) is 18.8 Å². The number of piperazine rings is 1. The molecule has 9 nitrogen and oxygen atoms in total. The second-order valence-corrected chi connectivity index (χ2v) is 11.6. The van der Waals surface area contributed by atoms with Crippen molar-refractivity contribution in [2.75, 3.05) is 33.3 Å². The van der Waals surface area contributed by atoms with Crippen LogP contribution in [0.4, 0.5) is 4.39 Å². The molecule has 1 aromatic carbocycles. The number of likely N-dealkylation sites (N-methyl/N-ethyl adjacent to an activating group) is 1. The SMILES string of the molecule is CN[C@@H](C)C(=O)N[C@H](C(=O)N1C[C@H]2CCCN2C[C@H]1C(=O)N[C@@H]1CCOc2cc(F)ccc21)C1CCCCC1. The van der Waals surface area contributed by atoms with Crippen molar-refractivity contribution in [1.82, 2.24) is 25.8 Å². The van der Waals surface area contributed by atoms with Crippen molar-refractivity contribution < 1.29 is 23.5 Å². The van der Waals surface area contributed by atoms with Gasteiger partial charge in [0, 0.05) is 37.2 Å². The fourth-order valence-corrected chi connectivity index (χ4v) is 6.70. The van der Waals surface area contributed by atoms with Crippen LogP contribution in [0, 0.1) is 11.7 Å². The predicted octanol–water partition coefficient (Wildman–Crippen LogP) is 2.11. The maximum absolute atomic E-state index is 14.3.